The molecule has 82 valence electrons. The smallest absolute Gasteiger partial charge is 0.236 e. The Morgan fingerprint density at radius 2 is 2.36 bits per heavy atom. The first-order chi connectivity index (χ1) is 6.74. The van der Waals surface area contributed by atoms with Crippen LogP contribution in [0.1, 0.15) is 33.1 Å². The lowest BCUT2D eigenvalue weighted by Gasteiger charge is -2.31. The number of carbonyl (C=O) groups excluding carboxylic acids is 1. The van der Waals surface area contributed by atoms with E-state index in [1.54, 1.807) is 0 Å². The van der Waals surface area contributed by atoms with Gasteiger partial charge in [-0.25, -0.2) is 0 Å². The lowest BCUT2D eigenvalue weighted by Crippen LogP contribution is -2.43. The average Bonchev–Trinajstić information content (AvgIpc) is 2.18. The Balaban J connectivity index is 2.22. The zero-order chi connectivity index (χ0) is 10.4. The zero-order valence-corrected chi connectivity index (χ0v) is 9.38. The molecule has 1 fully saturated rings. The molecule has 0 bridgehead atoms. The fraction of sp³-hybridized carbons (Fsp3) is 0.909. The summed E-state index contributed by atoms with van der Waals surface area (Å²) in [5.41, 5.74) is 0. The highest BCUT2D eigenvalue weighted by atomic mass is 16.2. The van der Waals surface area contributed by atoms with E-state index in [2.05, 4.69) is 19.2 Å². The van der Waals surface area contributed by atoms with Crippen LogP contribution in [0.15, 0.2) is 0 Å². The van der Waals surface area contributed by atoms with E-state index >= 15 is 0 Å². The quantitative estimate of drug-likeness (QED) is 0.689. The SMILES string of the molecule is CCCNCC(=O)N1CCCC(C)C1. The predicted molar refractivity (Wildman–Crippen MR) is 58.1 cm³/mol. The molecule has 3 heteroatoms. The van der Waals surface area contributed by atoms with Crippen LogP contribution >= 0.6 is 0 Å². The molecule has 1 amide bonds. The van der Waals surface area contributed by atoms with Crippen LogP contribution in [-0.4, -0.2) is 37.0 Å². The molecule has 1 heterocycles. The van der Waals surface area contributed by atoms with Crippen molar-refractivity contribution in [2.75, 3.05) is 26.2 Å². The average molecular weight is 198 g/mol. The van der Waals surface area contributed by atoms with Gasteiger partial charge >= 0.3 is 0 Å². The highest BCUT2D eigenvalue weighted by Crippen LogP contribution is 2.14. The van der Waals surface area contributed by atoms with Crippen molar-refractivity contribution in [1.82, 2.24) is 10.2 Å². The summed E-state index contributed by atoms with van der Waals surface area (Å²) >= 11 is 0. The Kier molecular flexibility index (Phi) is 4.94. The molecule has 0 aliphatic carbocycles. The van der Waals surface area contributed by atoms with Crippen LogP contribution in [0.5, 0.6) is 0 Å². The molecule has 0 aromatic carbocycles. The van der Waals surface area contributed by atoms with Crippen molar-refractivity contribution in [3.05, 3.63) is 0 Å². The van der Waals surface area contributed by atoms with Crippen LogP contribution in [0.3, 0.4) is 0 Å². The fourth-order valence-electron chi connectivity index (χ4n) is 1.90. The van der Waals surface area contributed by atoms with E-state index in [0.717, 1.165) is 26.1 Å². The standard InChI is InChI=1S/C11H22N2O/c1-3-6-12-8-11(14)13-7-4-5-10(2)9-13/h10,12H,3-9H2,1-2H3. The summed E-state index contributed by atoms with van der Waals surface area (Å²) in [6.07, 6.45) is 3.52. The molecule has 0 aromatic heterocycles. The first-order valence-corrected chi connectivity index (χ1v) is 5.72. The second-order valence-corrected chi connectivity index (χ2v) is 4.26. The Labute approximate surface area is 86.9 Å². The van der Waals surface area contributed by atoms with Gasteiger partial charge in [-0.05, 0) is 31.7 Å². The number of likely N-dealkylation sites (tertiary alicyclic amines) is 1. The summed E-state index contributed by atoms with van der Waals surface area (Å²) in [5.74, 6) is 0.948. The summed E-state index contributed by atoms with van der Waals surface area (Å²) in [6.45, 7) is 7.69. The minimum atomic E-state index is 0.269. The maximum atomic E-state index is 11.7. The Morgan fingerprint density at radius 1 is 1.57 bits per heavy atom. The van der Waals surface area contributed by atoms with E-state index in [-0.39, 0.29) is 5.91 Å². The molecule has 1 N–H and O–H groups in total. The summed E-state index contributed by atoms with van der Waals surface area (Å²) in [7, 11) is 0. The van der Waals surface area contributed by atoms with Gasteiger partial charge in [-0.1, -0.05) is 13.8 Å². The number of amides is 1. The molecule has 1 aliphatic heterocycles. The molecule has 0 aromatic rings. The van der Waals surface area contributed by atoms with E-state index in [1.165, 1.54) is 12.8 Å². The van der Waals surface area contributed by atoms with Gasteiger partial charge in [0.1, 0.15) is 0 Å². The fourth-order valence-corrected chi connectivity index (χ4v) is 1.90. The van der Waals surface area contributed by atoms with Crippen molar-refractivity contribution >= 4 is 5.91 Å². The van der Waals surface area contributed by atoms with E-state index in [1.807, 2.05) is 4.90 Å². The Morgan fingerprint density at radius 3 is 3.00 bits per heavy atom. The predicted octanol–water partition coefficient (Wildman–Crippen LogP) is 1.24. The highest BCUT2D eigenvalue weighted by Gasteiger charge is 2.19. The largest absolute Gasteiger partial charge is 0.341 e. The summed E-state index contributed by atoms with van der Waals surface area (Å²) in [4.78, 5) is 13.7. The molecule has 1 unspecified atom stereocenters. The van der Waals surface area contributed by atoms with E-state index in [9.17, 15) is 4.79 Å². The third-order valence-electron chi connectivity index (χ3n) is 2.71. The van der Waals surface area contributed by atoms with Gasteiger partial charge in [0.15, 0.2) is 0 Å². The molecule has 0 saturated carbocycles. The second-order valence-electron chi connectivity index (χ2n) is 4.26. The number of nitrogens with one attached hydrogen (secondary N) is 1. The van der Waals surface area contributed by atoms with Gasteiger partial charge in [0, 0.05) is 13.1 Å². The maximum absolute atomic E-state index is 11.7. The number of nitrogens with zero attached hydrogens (tertiary/aromatic N) is 1. The Hall–Kier alpha value is -0.570. The molecule has 1 rings (SSSR count). The maximum Gasteiger partial charge on any atom is 0.236 e. The molecular weight excluding hydrogens is 176 g/mol. The van der Waals surface area contributed by atoms with Gasteiger partial charge in [0.2, 0.25) is 5.91 Å². The minimum Gasteiger partial charge on any atom is -0.341 e. The van der Waals surface area contributed by atoms with E-state index in [0.29, 0.717) is 12.5 Å². The highest BCUT2D eigenvalue weighted by molar-refractivity contribution is 5.78. The molecule has 0 radical (unpaired) electrons. The normalized spacial score (nSPS) is 22.4. The van der Waals surface area contributed by atoms with Crippen molar-refractivity contribution in [2.24, 2.45) is 5.92 Å². The number of hydrogen-bond donors (Lipinski definition) is 1. The van der Waals surface area contributed by atoms with Crippen molar-refractivity contribution in [1.29, 1.82) is 0 Å². The minimum absolute atomic E-state index is 0.269. The van der Waals surface area contributed by atoms with Gasteiger partial charge in [-0.3, -0.25) is 4.79 Å². The summed E-state index contributed by atoms with van der Waals surface area (Å²) < 4.78 is 0. The Bertz CT molecular complexity index is 182. The molecule has 1 aliphatic rings. The van der Waals surface area contributed by atoms with Crippen LogP contribution < -0.4 is 5.32 Å². The summed E-state index contributed by atoms with van der Waals surface area (Å²) in [5, 5.41) is 3.16. The van der Waals surface area contributed by atoms with Crippen molar-refractivity contribution in [2.45, 2.75) is 33.1 Å². The lowest BCUT2D eigenvalue weighted by molar-refractivity contribution is -0.131. The van der Waals surface area contributed by atoms with Gasteiger partial charge < -0.3 is 10.2 Å². The number of carbonyl (C=O) groups is 1. The van der Waals surface area contributed by atoms with Gasteiger partial charge in [-0.15, -0.1) is 0 Å². The van der Waals surface area contributed by atoms with E-state index < -0.39 is 0 Å². The van der Waals surface area contributed by atoms with Crippen molar-refractivity contribution in [3.8, 4) is 0 Å². The topological polar surface area (TPSA) is 32.3 Å². The van der Waals surface area contributed by atoms with Crippen LogP contribution in [0, 0.1) is 5.92 Å². The third-order valence-corrected chi connectivity index (χ3v) is 2.71. The van der Waals surface area contributed by atoms with Gasteiger partial charge in [0.25, 0.3) is 0 Å². The van der Waals surface area contributed by atoms with Crippen LogP contribution in [0.4, 0.5) is 0 Å². The molecule has 1 atom stereocenters. The summed E-state index contributed by atoms with van der Waals surface area (Å²) in [6, 6.07) is 0. The van der Waals surface area contributed by atoms with Gasteiger partial charge in [-0.2, -0.15) is 0 Å². The van der Waals surface area contributed by atoms with Crippen LogP contribution in [0.2, 0.25) is 0 Å². The van der Waals surface area contributed by atoms with E-state index in [4.69, 9.17) is 0 Å². The lowest BCUT2D eigenvalue weighted by atomic mass is 10.0. The number of hydrogen-bond acceptors (Lipinski definition) is 2. The number of piperidine rings is 1. The van der Waals surface area contributed by atoms with Crippen LogP contribution in [0.25, 0.3) is 0 Å². The van der Waals surface area contributed by atoms with Gasteiger partial charge in [0.05, 0.1) is 6.54 Å². The number of rotatable bonds is 4. The molecular formula is C11H22N2O. The first-order valence-electron chi connectivity index (χ1n) is 5.72. The molecule has 1 saturated heterocycles. The molecule has 3 nitrogen and oxygen atoms in total. The van der Waals surface area contributed by atoms with Crippen LogP contribution in [-0.2, 0) is 4.79 Å². The van der Waals surface area contributed by atoms with Crippen molar-refractivity contribution in [3.63, 3.8) is 0 Å². The third kappa shape index (κ3) is 3.66. The second kappa shape index (κ2) is 6.02. The zero-order valence-electron chi connectivity index (χ0n) is 9.38. The molecule has 14 heavy (non-hydrogen) atoms. The monoisotopic (exact) mass is 198 g/mol. The van der Waals surface area contributed by atoms with Crippen molar-refractivity contribution < 1.29 is 4.79 Å². The first kappa shape index (κ1) is 11.5. The molecule has 0 spiro atoms.